The van der Waals surface area contributed by atoms with Crippen molar-refractivity contribution in [2.24, 2.45) is 0 Å². The van der Waals surface area contributed by atoms with E-state index in [0.29, 0.717) is 11.8 Å². The van der Waals surface area contributed by atoms with Gasteiger partial charge < -0.3 is 10.4 Å². The molecule has 1 rings (SSSR count). The van der Waals surface area contributed by atoms with Gasteiger partial charge in [-0.15, -0.1) is 0 Å². The number of hydrogen-bond donors (Lipinski definition) is 2. The molecule has 0 spiro atoms. The second-order valence-corrected chi connectivity index (χ2v) is 5.04. The highest BCUT2D eigenvalue weighted by molar-refractivity contribution is 5.28. The molecule has 2 N–H and O–H groups in total. The number of phenolic OH excluding ortho intramolecular Hbond substituents is 1. The number of hydrogen-bond acceptors (Lipinski definition) is 2. The van der Waals surface area contributed by atoms with E-state index in [4.69, 9.17) is 0 Å². The Morgan fingerprint density at radius 3 is 2.56 bits per heavy atom. The molecule has 1 unspecified atom stereocenters. The third-order valence-corrected chi connectivity index (χ3v) is 3.35. The molecule has 0 radical (unpaired) electrons. The third kappa shape index (κ3) is 6.06. The zero-order valence-electron chi connectivity index (χ0n) is 11.8. The van der Waals surface area contributed by atoms with Crippen molar-refractivity contribution in [3.8, 4) is 5.75 Å². The van der Waals surface area contributed by atoms with E-state index < -0.39 is 0 Å². The highest BCUT2D eigenvalue weighted by Crippen LogP contribution is 2.17. The zero-order chi connectivity index (χ0) is 13.2. The van der Waals surface area contributed by atoms with Gasteiger partial charge in [-0.05, 0) is 37.6 Å². The summed E-state index contributed by atoms with van der Waals surface area (Å²) >= 11 is 0. The number of aromatic hydroxyl groups is 1. The fraction of sp³-hybridized carbons (Fsp3) is 0.625. The number of benzene rings is 1. The van der Waals surface area contributed by atoms with E-state index in [2.05, 4.69) is 25.2 Å². The van der Waals surface area contributed by atoms with Crippen LogP contribution in [-0.2, 0) is 0 Å². The Labute approximate surface area is 111 Å². The molecule has 2 heteroatoms. The third-order valence-electron chi connectivity index (χ3n) is 3.35. The highest BCUT2D eigenvalue weighted by Gasteiger charge is 2.04. The van der Waals surface area contributed by atoms with Gasteiger partial charge >= 0.3 is 0 Å². The van der Waals surface area contributed by atoms with Gasteiger partial charge in [-0.1, -0.05) is 51.2 Å². The van der Waals surface area contributed by atoms with Crippen LogP contribution in [0.3, 0.4) is 0 Å². The first-order valence-corrected chi connectivity index (χ1v) is 7.26. The molecule has 0 saturated heterocycles. The van der Waals surface area contributed by atoms with E-state index in [9.17, 15) is 5.11 Å². The largest absolute Gasteiger partial charge is 0.508 e. The number of rotatable bonds is 9. The summed E-state index contributed by atoms with van der Waals surface area (Å²) in [6.45, 7) is 5.45. The molecule has 18 heavy (non-hydrogen) atoms. The quantitative estimate of drug-likeness (QED) is 0.636. The van der Waals surface area contributed by atoms with Gasteiger partial charge in [-0.25, -0.2) is 0 Å². The fourth-order valence-corrected chi connectivity index (χ4v) is 2.14. The monoisotopic (exact) mass is 249 g/mol. The van der Waals surface area contributed by atoms with E-state index in [0.717, 1.165) is 12.1 Å². The van der Waals surface area contributed by atoms with Crippen molar-refractivity contribution in [1.82, 2.24) is 5.32 Å². The van der Waals surface area contributed by atoms with E-state index >= 15 is 0 Å². The Morgan fingerprint density at radius 2 is 1.83 bits per heavy atom. The van der Waals surface area contributed by atoms with Gasteiger partial charge in [0.25, 0.3) is 0 Å². The smallest absolute Gasteiger partial charge is 0.115 e. The van der Waals surface area contributed by atoms with Gasteiger partial charge in [0, 0.05) is 6.04 Å². The minimum Gasteiger partial charge on any atom is -0.508 e. The van der Waals surface area contributed by atoms with Crippen LogP contribution in [0.25, 0.3) is 0 Å². The topological polar surface area (TPSA) is 32.3 Å². The first-order chi connectivity index (χ1) is 8.74. The Bertz CT molecular complexity index is 325. The second-order valence-electron chi connectivity index (χ2n) is 5.04. The van der Waals surface area contributed by atoms with Gasteiger partial charge in [0.2, 0.25) is 0 Å². The zero-order valence-corrected chi connectivity index (χ0v) is 11.8. The SMILES string of the molecule is CCCCCCCCNC(C)c1cccc(O)c1. The van der Waals surface area contributed by atoms with Gasteiger partial charge in [0.05, 0.1) is 0 Å². The molecule has 0 aliphatic heterocycles. The van der Waals surface area contributed by atoms with Crippen molar-refractivity contribution in [3.63, 3.8) is 0 Å². The molecular weight excluding hydrogens is 222 g/mol. The molecule has 1 atom stereocenters. The van der Waals surface area contributed by atoms with Crippen molar-refractivity contribution >= 4 is 0 Å². The fourth-order valence-electron chi connectivity index (χ4n) is 2.14. The lowest BCUT2D eigenvalue weighted by Gasteiger charge is -2.14. The van der Waals surface area contributed by atoms with E-state index in [1.54, 1.807) is 6.07 Å². The van der Waals surface area contributed by atoms with Gasteiger partial charge in [-0.3, -0.25) is 0 Å². The molecule has 0 amide bonds. The highest BCUT2D eigenvalue weighted by atomic mass is 16.3. The molecule has 102 valence electrons. The maximum Gasteiger partial charge on any atom is 0.115 e. The van der Waals surface area contributed by atoms with Crippen LogP contribution in [0.15, 0.2) is 24.3 Å². The molecule has 0 fully saturated rings. The van der Waals surface area contributed by atoms with Crippen LogP contribution in [0, 0.1) is 0 Å². The molecule has 0 bridgehead atoms. The molecule has 0 aliphatic rings. The first-order valence-electron chi connectivity index (χ1n) is 7.26. The summed E-state index contributed by atoms with van der Waals surface area (Å²) in [7, 11) is 0. The summed E-state index contributed by atoms with van der Waals surface area (Å²) in [5.41, 5.74) is 1.15. The van der Waals surface area contributed by atoms with Crippen molar-refractivity contribution in [2.75, 3.05) is 6.54 Å². The maximum atomic E-state index is 9.43. The van der Waals surface area contributed by atoms with Crippen molar-refractivity contribution in [3.05, 3.63) is 29.8 Å². The average molecular weight is 249 g/mol. The Kier molecular flexibility index (Phi) is 7.51. The average Bonchev–Trinajstić information content (AvgIpc) is 2.37. The normalized spacial score (nSPS) is 12.6. The number of unbranched alkanes of at least 4 members (excludes halogenated alkanes) is 5. The van der Waals surface area contributed by atoms with Crippen LogP contribution >= 0.6 is 0 Å². The lowest BCUT2D eigenvalue weighted by molar-refractivity contribution is 0.471. The summed E-state index contributed by atoms with van der Waals surface area (Å²) in [4.78, 5) is 0. The molecule has 0 heterocycles. The number of nitrogens with one attached hydrogen (secondary N) is 1. The summed E-state index contributed by atoms with van der Waals surface area (Å²) in [6, 6.07) is 7.81. The van der Waals surface area contributed by atoms with E-state index in [1.165, 1.54) is 38.5 Å². The van der Waals surface area contributed by atoms with E-state index in [-0.39, 0.29) is 0 Å². The molecular formula is C16H27NO. The van der Waals surface area contributed by atoms with Crippen LogP contribution in [0.2, 0.25) is 0 Å². The Hall–Kier alpha value is -1.02. The van der Waals surface area contributed by atoms with Gasteiger partial charge in [0.1, 0.15) is 5.75 Å². The van der Waals surface area contributed by atoms with Gasteiger partial charge in [-0.2, -0.15) is 0 Å². The van der Waals surface area contributed by atoms with Gasteiger partial charge in [0.15, 0.2) is 0 Å². The van der Waals surface area contributed by atoms with E-state index in [1.807, 2.05) is 12.1 Å². The Morgan fingerprint density at radius 1 is 1.11 bits per heavy atom. The minimum atomic E-state index is 0.313. The summed E-state index contributed by atoms with van der Waals surface area (Å²) < 4.78 is 0. The predicted molar refractivity (Wildman–Crippen MR) is 77.9 cm³/mol. The first kappa shape index (κ1) is 15.0. The minimum absolute atomic E-state index is 0.313. The standard InChI is InChI=1S/C16H27NO/c1-3-4-5-6-7-8-12-17-14(2)15-10-9-11-16(18)13-15/h9-11,13-14,17-18H,3-8,12H2,1-2H3. The van der Waals surface area contributed by atoms with Crippen LogP contribution < -0.4 is 5.32 Å². The van der Waals surface area contributed by atoms with Crippen LogP contribution in [0.1, 0.15) is 64.0 Å². The molecule has 2 nitrogen and oxygen atoms in total. The summed E-state index contributed by atoms with van der Waals surface area (Å²) in [5.74, 6) is 0.348. The van der Waals surface area contributed by atoms with Crippen molar-refractivity contribution < 1.29 is 5.11 Å². The van der Waals surface area contributed by atoms with Crippen molar-refractivity contribution in [2.45, 2.75) is 58.4 Å². The molecule has 0 saturated carbocycles. The lowest BCUT2D eigenvalue weighted by atomic mass is 10.1. The molecule has 0 aromatic heterocycles. The summed E-state index contributed by atoms with van der Waals surface area (Å²) in [5, 5.41) is 12.9. The molecule has 1 aromatic rings. The number of phenols is 1. The lowest BCUT2D eigenvalue weighted by Crippen LogP contribution is -2.19. The molecule has 1 aromatic carbocycles. The van der Waals surface area contributed by atoms with Crippen LogP contribution in [0.5, 0.6) is 5.75 Å². The van der Waals surface area contributed by atoms with Crippen LogP contribution in [-0.4, -0.2) is 11.7 Å². The van der Waals surface area contributed by atoms with Crippen LogP contribution in [0.4, 0.5) is 0 Å². The van der Waals surface area contributed by atoms with Crippen molar-refractivity contribution in [1.29, 1.82) is 0 Å². The molecule has 0 aliphatic carbocycles. The predicted octanol–water partition coefficient (Wildman–Crippen LogP) is 4.40. The maximum absolute atomic E-state index is 9.43. The Balaban J connectivity index is 2.12. The second kappa shape index (κ2) is 8.98. The summed E-state index contributed by atoms with van der Waals surface area (Å²) in [6.07, 6.45) is 7.97.